The number of rotatable bonds is 5. The van der Waals surface area contributed by atoms with E-state index in [4.69, 9.17) is 16.3 Å². The lowest BCUT2D eigenvalue weighted by Gasteiger charge is -2.09. The molecule has 5 nitrogen and oxygen atoms in total. The number of aldehydes is 1. The molecule has 0 aliphatic rings. The third kappa shape index (κ3) is 3.80. The molecule has 2 aromatic rings. The number of carbonyl (C=O) groups is 1. The first-order valence-corrected chi connectivity index (χ1v) is 6.98. The third-order valence-corrected chi connectivity index (χ3v) is 3.52. The monoisotopic (exact) mass is 369 g/mol. The first-order valence-electron chi connectivity index (χ1n) is 5.81. The summed E-state index contributed by atoms with van der Waals surface area (Å²) in [5.74, 6) is 0.400. The van der Waals surface area contributed by atoms with Gasteiger partial charge in [-0.2, -0.15) is 0 Å². The Balaban J connectivity index is 2.20. The van der Waals surface area contributed by atoms with Crippen LogP contribution >= 0.6 is 27.5 Å². The third-order valence-electron chi connectivity index (χ3n) is 2.70. The highest BCUT2D eigenvalue weighted by Crippen LogP contribution is 2.27. The van der Waals surface area contributed by atoms with E-state index in [-0.39, 0.29) is 17.3 Å². The van der Waals surface area contributed by atoms with Gasteiger partial charge in [0.1, 0.15) is 17.4 Å². The molecule has 2 rings (SSSR count). The minimum atomic E-state index is -0.554. The molecule has 0 radical (unpaired) electrons. The number of halogens is 2. The topological polar surface area (TPSA) is 69.4 Å². The maximum atomic E-state index is 10.9. The van der Waals surface area contributed by atoms with Crippen LogP contribution in [0, 0.1) is 10.1 Å². The molecule has 0 aliphatic heterocycles. The fourth-order valence-electron chi connectivity index (χ4n) is 1.68. The number of hydrogen-bond acceptors (Lipinski definition) is 4. The van der Waals surface area contributed by atoms with Gasteiger partial charge in [0.15, 0.2) is 6.29 Å². The Labute approximate surface area is 133 Å². The molecule has 0 bridgehead atoms. The smallest absolute Gasteiger partial charge is 0.288 e. The summed E-state index contributed by atoms with van der Waals surface area (Å²) in [6.45, 7) is 0.0926. The van der Waals surface area contributed by atoms with E-state index in [0.717, 1.165) is 4.47 Å². The quantitative estimate of drug-likeness (QED) is 0.444. The largest absolute Gasteiger partial charge is 0.488 e. The van der Waals surface area contributed by atoms with Gasteiger partial charge < -0.3 is 4.74 Å². The van der Waals surface area contributed by atoms with Crippen LogP contribution in [0.2, 0.25) is 5.02 Å². The molecule has 0 saturated carbocycles. The van der Waals surface area contributed by atoms with Crippen molar-refractivity contribution in [2.45, 2.75) is 6.61 Å². The van der Waals surface area contributed by atoms with Gasteiger partial charge in [0.05, 0.1) is 10.5 Å². The zero-order valence-electron chi connectivity index (χ0n) is 10.6. The van der Waals surface area contributed by atoms with Crippen molar-refractivity contribution < 1.29 is 14.5 Å². The van der Waals surface area contributed by atoms with Gasteiger partial charge in [-0.05, 0) is 29.8 Å². The van der Waals surface area contributed by atoms with Crippen LogP contribution < -0.4 is 4.74 Å². The molecular formula is C14H9BrClNO4. The number of carbonyl (C=O) groups excluding carboxylic acids is 1. The molecule has 0 aliphatic carbocycles. The van der Waals surface area contributed by atoms with Gasteiger partial charge in [0, 0.05) is 10.5 Å². The first-order chi connectivity index (χ1) is 10.0. The van der Waals surface area contributed by atoms with Gasteiger partial charge in [-0.15, -0.1) is 0 Å². The highest BCUT2D eigenvalue weighted by atomic mass is 79.9. The van der Waals surface area contributed by atoms with Crippen LogP contribution in [0.25, 0.3) is 0 Å². The number of nitro benzene ring substituents is 1. The summed E-state index contributed by atoms with van der Waals surface area (Å²) in [4.78, 5) is 21.2. The zero-order valence-corrected chi connectivity index (χ0v) is 12.9. The Hall–Kier alpha value is -1.92. The van der Waals surface area contributed by atoms with Crippen molar-refractivity contribution in [3.8, 4) is 5.75 Å². The normalized spacial score (nSPS) is 10.2. The van der Waals surface area contributed by atoms with Crippen molar-refractivity contribution in [3.05, 3.63) is 67.1 Å². The minimum absolute atomic E-state index is 0.0692. The second-order valence-corrected chi connectivity index (χ2v) is 5.45. The summed E-state index contributed by atoms with van der Waals surface area (Å²) in [5, 5.41) is 10.9. The maximum absolute atomic E-state index is 10.9. The molecule has 0 unspecified atom stereocenters. The van der Waals surface area contributed by atoms with Gasteiger partial charge in [0.25, 0.3) is 5.69 Å². The molecule has 0 saturated heterocycles. The summed E-state index contributed by atoms with van der Waals surface area (Å²) >= 11 is 9.03. The van der Waals surface area contributed by atoms with Crippen LogP contribution in [-0.4, -0.2) is 11.2 Å². The predicted octanol–water partition coefficient (Wildman–Crippen LogP) is 4.40. The Morgan fingerprint density at radius 2 is 2.05 bits per heavy atom. The number of benzene rings is 2. The lowest BCUT2D eigenvalue weighted by Crippen LogP contribution is -1.99. The Kier molecular flexibility index (Phi) is 4.93. The highest BCUT2D eigenvalue weighted by Gasteiger charge is 2.13. The van der Waals surface area contributed by atoms with E-state index in [1.165, 1.54) is 12.1 Å². The van der Waals surface area contributed by atoms with E-state index in [0.29, 0.717) is 23.2 Å². The second-order valence-electron chi connectivity index (χ2n) is 4.13. The first kappa shape index (κ1) is 15.5. The Morgan fingerprint density at radius 3 is 2.71 bits per heavy atom. The van der Waals surface area contributed by atoms with E-state index in [9.17, 15) is 14.9 Å². The van der Waals surface area contributed by atoms with Crippen molar-refractivity contribution in [3.63, 3.8) is 0 Å². The number of hydrogen-bond donors (Lipinski definition) is 0. The molecular weight excluding hydrogens is 362 g/mol. The molecule has 7 heteroatoms. The number of nitrogens with zero attached hydrogens (tertiary/aromatic N) is 1. The standard InChI is InChI=1S/C14H9BrClNO4/c15-11-3-2-10(7-18)14(6-11)21-8-9-1-4-12(16)13(5-9)17(19)20/h1-7H,8H2. The van der Waals surface area contributed by atoms with Crippen LogP contribution in [0.1, 0.15) is 15.9 Å². The number of nitro groups is 1. The van der Waals surface area contributed by atoms with Gasteiger partial charge in [-0.25, -0.2) is 0 Å². The zero-order chi connectivity index (χ0) is 15.4. The maximum Gasteiger partial charge on any atom is 0.288 e. The minimum Gasteiger partial charge on any atom is -0.488 e. The molecule has 0 aromatic heterocycles. The van der Waals surface area contributed by atoms with Crippen molar-refractivity contribution in [1.82, 2.24) is 0 Å². The summed E-state index contributed by atoms with van der Waals surface area (Å²) < 4.78 is 6.31. The fourth-order valence-corrected chi connectivity index (χ4v) is 2.21. The van der Waals surface area contributed by atoms with E-state index >= 15 is 0 Å². The average molecular weight is 371 g/mol. The fraction of sp³-hybridized carbons (Fsp3) is 0.0714. The summed E-state index contributed by atoms with van der Waals surface area (Å²) in [6, 6.07) is 9.43. The van der Waals surface area contributed by atoms with Crippen molar-refractivity contribution >= 4 is 39.5 Å². The molecule has 0 atom stereocenters. The van der Waals surface area contributed by atoms with Crippen LogP contribution in [0.3, 0.4) is 0 Å². The van der Waals surface area contributed by atoms with Crippen molar-refractivity contribution in [2.75, 3.05) is 0 Å². The van der Waals surface area contributed by atoms with E-state index in [1.54, 1.807) is 24.3 Å². The molecule has 0 heterocycles. The van der Waals surface area contributed by atoms with Crippen molar-refractivity contribution in [1.29, 1.82) is 0 Å². The molecule has 108 valence electrons. The second kappa shape index (κ2) is 6.69. The van der Waals surface area contributed by atoms with E-state index in [1.807, 2.05) is 0 Å². The molecule has 0 fully saturated rings. The summed E-state index contributed by atoms with van der Waals surface area (Å²) in [6.07, 6.45) is 0.687. The molecule has 0 spiro atoms. The SMILES string of the molecule is O=Cc1ccc(Br)cc1OCc1ccc(Cl)c([N+](=O)[O-])c1. The molecule has 0 N–H and O–H groups in total. The number of ether oxygens (including phenoxy) is 1. The van der Waals surface area contributed by atoms with E-state index in [2.05, 4.69) is 15.9 Å². The van der Waals surface area contributed by atoms with Crippen LogP contribution in [-0.2, 0) is 6.61 Å². The van der Waals surface area contributed by atoms with Gasteiger partial charge in [-0.3, -0.25) is 14.9 Å². The predicted molar refractivity (Wildman–Crippen MR) is 82.0 cm³/mol. The lowest BCUT2D eigenvalue weighted by molar-refractivity contribution is -0.384. The van der Waals surface area contributed by atoms with Gasteiger partial charge >= 0.3 is 0 Å². The van der Waals surface area contributed by atoms with Crippen LogP contribution in [0.5, 0.6) is 5.75 Å². The summed E-state index contributed by atoms with van der Waals surface area (Å²) in [7, 11) is 0. The van der Waals surface area contributed by atoms with E-state index < -0.39 is 4.92 Å². The van der Waals surface area contributed by atoms with Crippen LogP contribution in [0.15, 0.2) is 40.9 Å². The molecule has 2 aromatic carbocycles. The van der Waals surface area contributed by atoms with Crippen molar-refractivity contribution in [2.24, 2.45) is 0 Å². The highest BCUT2D eigenvalue weighted by molar-refractivity contribution is 9.10. The Bertz CT molecular complexity index is 705. The van der Waals surface area contributed by atoms with Gasteiger partial charge in [0.2, 0.25) is 0 Å². The summed E-state index contributed by atoms with van der Waals surface area (Å²) in [5.41, 5.74) is 0.812. The van der Waals surface area contributed by atoms with Crippen LogP contribution in [0.4, 0.5) is 5.69 Å². The Morgan fingerprint density at radius 1 is 1.29 bits per heavy atom. The van der Waals surface area contributed by atoms with Gasteiger partial charge in [-0.1, -0.05) is 33.6 Å². The lowest BCUT2D eigenvalue weighted by atomic mass is 10.2. The average Bonchev–Trinajstić information content (AvgIpc) is 2.46. The molecule has 0 amide bonds. The molecule has 21 heavy (non-hydrogen) atoms.